The molecule has 0 spiro atoms. The van der Waals surface area contributed by atoms with Crippen molar-refractivity contribution in [1.29, 1.82) is 0 Å². The lowest BCUT2D eigenvalue weighted by Gasteiger charge is -2.07. The van der Waals surface area contributed by atoms with Gasteiger partial charge in [0.25, 0.3) is 0 Å². The Morgan fingerprint density at radius 2 is 1.88 bits per heavy atom. The van der Waals surface area contributed by atoms with E-state index >= 15 is 0 Å². The highest BCUT2D eigenvalue weighted by molar-refractivity contribution is 6.42. The monoisotopic (exact) mass is 272 g/mol. The number of hydrogen-bond donors (Lipinski definition) is 0. The molecule has 0 saturated heterocycles. The molecule has 0 fully saturated rings. The normalized spacial score (nSPS) is 10.5. The Bertz CT molecular complexity index is 541. The molecule has 82 valence electrons. The molecule has 0 amide bonds. The fraction of sp³-hybridized carbons (Fsp3) is 0.0909. The van der Waals surface area contributed by atoms with E-state index in [-0.39, 0.29) is 5.15 Å². The number of aromatic nitrogens is 2. The summed E-state index contributed by atoms with van der Waals surface area (Å²) in [4.78, 5) is 8.21. The highest BCUT2D eigenvalue weighted by atomic mass is 35.5. The van der Waals surface area contributed by atoms with E-state index in [4.69, 9.17) is 34.8 Å². The van der Waals surface area contributed by atoms with Crippen molar-refractivity contribution in [3.63, 3.8) is 0 Å². The smallest absolute Gasteiger partial charge is 0.148 e. The van der Waals surface area contributed by atoms with Gasteiger partial charge in [-0.1, -0.05) is 34.8 Å². The minimum atomic E-state index is 0.240. The summed E-state index contributed by atoms with van der Waals surface area (Å²) >= 11 is 17.8. The molecule has 0 aromatic carbocycles. The van der Waals surface area contributed by atoms with Crippen molar-refractivity contribution < 1.29 is 0 Å². The SMILES string of the molecule is Cc1ccncc1-c1nc(Cl)c(Cl)cc1Cl. The van der Waals surface area contributed by atoms with Crippen LogP contribution in [0, 0.1) is 6.92 Å². The van der Waals surface area contributed by atoms with Crippen LogP contribution in [-0.2, 0) is 0 Å². The predicted molar refractivity (Wildman–Crippen MR) is 67.2 cm³/mol. The molecule has 2 rings (SSSR count). The predicted octanol–water partition coefficient (Wildman–Crippen LogP) is 4.41. The van der Waals surface area contributed by atoms with E-state index in [1.165, 1.54) is 0 Å². The number of hydrogen-bond acceptors (Lipinski definition) is 2. The summed E-state index contributed by atoms with van der Waals surface area (Å²) in [7, 11) is 0. The molecule has 0 aliphatic carbocycles. The van der Waals surface area contributed by atoms with Crippen LogP contribution in [0.1, 0.15) is 5.56 Å². The number of halogens is 3. The van der Waals surface area contributed by atoms with E-state index in [0.717, 1.165) is 11.1 Å². The second-order valence-electron chi connectivity index (χ2n) is 3.28. The van der Waals surface area contributed by atoms with Gasteiger partial charge < -0.3 is 0 Å². The zero-order chi connectivity index (χ0) is 11.7. The third-order valence-electron chi connectivity index (χ3n) is 2.18. The van der Waals surface area contributed by atoms with Crippen LogP contribution >= 0.6 is 34.8 Å². The summed E-state index contributed by atoms with van der Waals surface area (Å²) in [6.45, 7) is 1.96. The van der Waals surface area contributed by atoms with Gasteiger partial charge in [-0.2, -0.15) is 0 Å². The maximum absolute atomic E-state index is 6.07. The molecule has 2 heterocycles. The van der Waals surface area contributed by atoms with Crippen molar-refractivity contribution in [3.8, 4) is 11.3 Å². The van der Waals surface area contributed by atoms with Gasteiger partial charge in [0.2, 0.25) is 0 Å². The van der Waals surface area contributed by atoms with Crippen molar-refractivity contribution in [2.24, 2.45) is 0 Å². The van der Waals surface area contributed by atoms with E-state index in [1.807, 2.05) is 13.0 Å². The van der Waals surface area contributed by atoms with E-state index in [2.05, 4.69) is 9.97 Å². The first-order valence-electron chi connectivity index (χ1n) is 4.52. The Balaban J connectivity index is 2.65. The summed E-state index contributed by atoms with van der Waals surface area (Å²) in [5.41, 5.74) is 2.48. The first-order chi connectivity index (χ1) is 7.59. The van der Waals surface area contributed by atoms with Crippen molar-refractivity contribution in [3.05, 3.63) is 45.3 Å². The van der Waals surface area contributed by atoms with Crippen LogP contribution in [0.15, 0.2) is 24.5 Å². The van der Waals surface area contributed by atoms with Crippen molar-refractivity contribution >= 4 is 34.8 Å². The first-order valence-corrected chi connectivity index (χ1v) is 5.65. The number of aryl methyl sites for hydroxylation is 1. The van der Waals surface area contributed by atoms with E-state index in [0.29, 0.717) is 15.7 Å². The largest absolute Gasteiger partial charge is 0.264 e. The maximum Gasteiger partial charge on any atom is 0.148 e. The van der Waals surface area contributed by atoms with Crippen LogP contribution in [0.25, 0.3) is 11.3 Å². The number of nitrogens with zero attached hydrogens (tertiary/aromatic N) is 2. The first kappa shape index (κ1) is 11.6. The zero-order valence-electron chi connectivity index (χ0n) is 8.34. The molecular weight excluding hydrogens is 266 g/mol. The topological polar surface area (TPSA) is 25.8 Å². The molecule has 0 radical (unpaired) electrons. The molecule has 16 heavy (non-hydrogen) atoms. The Morgan fingerprint density at radius 3 is 2.56 bits per heavy atom. The van der Waals surface area contributed by atoms with E-state index in [9.17, 15) is 0 Å². The highest BCUT2D eigenvalue weighted by Crippen LogP contribution is 2.32. The van der Waals surface area contributed by atoms with Crippen LogP contribution in [0.4, 0.5) is 0 Å². The van der Waals surface area contributed by atoms with Gasteiger partial charge in [0.15, 0.2) is 0 Å². The lowest BCUT2D eigenvalue weighted by molar-refractivity contribution is 1.25. The van der Waals surface area contributed by atoms with Gasteiger partial charge in [-0.25, -0.2) is 4.98 Å². The number of rotatable bonds is 1. The van der Waals surface area contributed by atoms with Gasteiger partial charge in [0.05, 0.1) is 15.7 Å². The van der Waals surface area contributed by atoms with Gasteiger partial charge >= 0.3 is 0 Å². The summed E-state index contributed by atoms with van der Waals surface area (Å²) in [5.74, 6) is 0. The Labute approximate surface area is 108 Å². The van der Waals surface area contributed by atoms with Crippen molar-refractivity contribution in [2.75, 3.05) is 0 Å². The standard InChI is InChI=1S/C11H7Cl3N2/c1-6-2-3-15-5-7(6)10-8(12)4-9(13)11(14)16-10/h2-5H,1H3. The third-order valence-corrected chi connectivity index (χ3v) is 3.14. The summed E-state index contributed by atoms with van der Waals surface area (Å²) in [5, 5.41) is 1.05. The van der Waals surface area contributed by atoms with Crippen LogP contribution in [-0.4, -0.2) is 9.97 Å². The fourth-order valence-corrected chi connectivity index (χ4v) is 1.94. The molecule has 2 aromatic heterocycles. The second-order valence-corrected chi connectivity index (χ2v) is 4.45. The molecule has 2 nitrogen and oxygen atoms in total. The summed E-state index contributed by atoms with van der Waals surface area (Å²) in [6, 6.07) is 3.47. The van der Waals surface area contributed by atoms with Gasteiger partial charge in [-0.3, -0.25) is 4.98 Å². The molecule has 0 saturated carbocycles. The van der Waals surface area contributed by atoms with Gasteiger partial charge in [0, 0.05) is 18.0 Å². The highest BCUT2D eigenvalue weighted by Gasteiger charge is 2.11. The molecule has 0 bridgehead atoms. The van der Waals surface area contributed by atoms with E-state index in [1.54, 1.807) is 18.5 Å². The Hall–Kier alpha value is -0.830. The van der Waals surface area contributed by atoms with Gasteiger partial charge in [-0.15, -0.1) is 0 Å². The zero-order valence-corrected chi connectivity index (χ0v) is 10.6. The lowest BCUT2D eigenvalue weighted by Crippen LogP contribution is -1.90. The molecule has 0 N–H and O–H groups in total. The van der Waals surface area contributed by atoms with E-state index < -0.39 is 0 Å². The quantitative estimate of drug-likeness (QED) is 0.719. The molecule has 0 unspecified atom stereocenters. The van der Waals surface area contributed by atoms with Crippen molar-refractivity contribution in [1.82, 2.24) is 9.97 Å². The average Bonchev–Trinajstić information content (AvgIpc) is 2.25. The molecule has 5 heteroatoms. The van der Waals surface area contributed by atoms with Gasteiger partial charge in [0.1, 0.15) is 5.15 Å². The van der Waals surface area contributed by atoms with Gasteiger partial charge in [-0.05, 0) is 24.6 Å². The summed E-state index contributed by atoms with van der Waals surface area (Å²) < 4.78 is 0. The fourth-order valence-electron chi connectivity index (χ4n) is 1.34. The molecule has 0 atom stereocenters. The minimum Gasteiger partial charge on any atom is -0.264 e. The second kappa shape index (κ2) is 4.58. The molecule has 0 aliphatic heterocycles. The molecular formula is C11H7Cl3N2. The van der Waals surface area contributed by atoms with Crippen LogP contribution in [0.3, 0.4) is 0 Å². The lowest BCUT2D eigenvalue weighted by atomic mass is 10.1. The Morgan fingerprint density at radius 1 is 1.12 bits per heavy atom. The molecule has 2 aromatic rings. The Kier molecular flexibility index (Phi) is 3.33. The van der Waals surface area contributed by atoms with Crippen molar-refractivity contribution in [2.45, 2.75) is 6.92 Å². The van der Waals surface area contributed by atoms with Crippen LogP contribution < -0.4 is 0 Å². The summed E-state index contributed by atoms with van der Waals surface area (Å²) in [6.07, 6.45) is 3.41. The molecule has 0 aliphatic rings. The average molecular weight is 274 g/mol. The van der Waals surface area contributed by atoms with Crippen LogP contribution in [0.2, 0.25) is 15.2 Å². The minimum absolute atomic E-state index is 0.240. The number of pyridine rings is 2. The van der Waals surface area contributed by atoms with Crippen LogP contribution in [0.5, 0.6) is 0 Å². The maximum atomic E-state index is 6.07. The third kappa shape index (κ3) is 2.14.